The van der Waals surface area contributed by atoms with Crippen LogP contribution in [0.2, 0.25) is 0 Å². The number of esters is 1. The van der Waals surface area contributed by atoms with Crippen LogP contribution >= 0.6 is 11.3 Å². The van der Waals surface area contributed by atoms with E-state index in [4.69, 9.17) is 4.74 Å². The fraction of sp³-hybridized carbons (Fsp3) is 0.350. The summed E-state index contributed by atoms with van der Waals surface area (Å²) in [5, 5.41) is 4.38. The van der Waals surface area contributed by atoms with Crippen LogP contribution in [-0.4, -0.2) is 41.9 Å². The summed E-state index contributed by atoms with van der Waals surface area (Å²) in [6.45, 7) is 2.42. The van der Waals surface area contributed by atoms with Gasteiger partial charge in [0.1, 0.15) is 5.82 Å². The number of rotatable bonds is 5. The lowest BCUT2D eigenvalue weighted by Crippen LogP contribution is -2.41. The van der Waals surface area contributed by atoms with Gasteiger partial charge in [-0.15, -0.1) is 11.3 Å². The molecule has 1 fully saturated rings. The number of benzene rings is 1. The number of ether oxygens (including phenoxy) is 1. The topological polar surface area (TPSA) is 75.7 Å². The Kier molecular flexibility index (Phi) is 6.41. The third kappa shape index (κ3) is 4.95. The van der Waals surface area contributed by atoms with Crippen LogP contribution in [0.15, 0.2) is 41.8 Å². The van der Waals surface area contributed by atoms with Crippen molar-refractivity contribution in [2.45, 2.75) is 25.9 Å². The van der Waals surface area contributed by atoms with Gasteiger partial charge in [0.25, 0.3) is 11.8 Å². The van der Waals surface area contributed by atoms with Crippen LogP contribution in [0.5, 0.6) is 0 Å². The molecule has 6 nitrogen and oxygen atoms in total. The minimum absolute atomic E-state index is 0.0235. The molecule has 1 saturated heterocycles. The Balaban J connectivity index is 1.47. The number of halogens is 1. The Labute approximate surface area is 166 Å². The van der Waals surface area contributed by atoms with Crippen molar-refractivity contribution >= 4 is 34.8 Å². The molecule has 28 heavy (non-hydrogen) atoms. The maximum atomic E-state index is 13.2. The second-order valence-electron chi connectivity index (χ2n) is 6.62. The van der Waals surface area contributed by atoms with Gasteiger partial charge in [0.05, 0.1) is 10.8 Å². The zero-order chi connectivity index (χ0) is 20.1. The van der Waals surface area contributed by atoms with Gasteiger partial charge in [0.15, 0.2) is 6.10 Å². The number of anilines is 1. The molecule has 1 N–H and O–H groups in total. The molecule has 1 aromatic heterocycles. The summed E-state index contributed by atoms with van der Waals surface area (Å²) in [6, 6.07) is 9.11. The third-order valence-corrected chi connectivity index (χ3v) is 5.46. The van der Waals surface area contributed by atoms with Gasteiger partial charge < -0.3 is 15.0 Å². The van der Waals surface area contributed by atoms with Gasteiger partial charge in [0, 0.05) is 18.8 Å². The van der Waals surface area contributed by atoms with E-state index in [-0.39, 0.29) is 11.8 Å². The van der Waals surface area contributed by atoms with Crippen LogP contribution < -0.4 is 5.32 Å². The highest BCUT2D eigenvalue weighted by molar-refractivity contribution is 7.12. The molecular weight excluding hydrogens is 383 g/mol. The van der Waals surface area contributed by atoms with Crippen molar-refractivity contribution in [3.63, 3.8) is 0 Å². The molecule has 0 spiro atoms. The minimum Gasteiger partial charge on any atom is -0.452 e. The van der Waals surface area contributed by atoms with E-state index in [1.165, 1.54) is 36.5 Å². The smallest absolute Gasteiger partial charge is 0.309 e. The molecular formula is C20H21FN2O4S. The average molecular weight is 404 g/mol. The van der Waals surface area contributed by atoms with E-state index in [1.807, 2.05) is 11.4 Å². The number of hydrogen-bond acceptors (Lipinski definition) is 5. The quantitative estimate of drug-likeness (QED) is 0.776. The third-order valence-electron chi connectivity index (χ3n) is 4.60. The van der Waals surface area contributed by atoms with E-state index in [0.29, 0.717) is 36.5 Å². The highest BCUT2D eigenvalue weighted by Gasteiger charge is 2.31. The average Bonchev–Trinajstić information content (AvgIpc) is 3.22. The summed E-state index contributed by atoms with van der Waals surface area (Å²) in [5.74, 6) is -1.82. The number of hydrogen-bond donors (Lipinski definition) is 1. The molecule has 2 amide bonds. The van der Waals surface area contributed by atoms with Gasteiger partial charge in [-0.05, 0) is 49.4 Å². The number of carbonyl (C=O) groups is 3. The Morgan fingerprint density at radius 3 is 2.61 bits per heavy atom. The van der Waals surface area contributed by atoms with Crippen LogP contribution in [-0.2, 0) is 14.3 Å². The Bertz CT molecular complexity index is 848. The first-order valence-corrected chi connectivity index (χ1v) is 9.91. The molecule has 1 aromatic carbocycles. The van der Waals surface area contributed by atoms with Gasteiger partial charge in [-0.1, -0.05) is 12.1 Å². The van der Waals surface area contributed by atoms with Crippen LogP contribution in [0.4, 0.5) is 10.1 Å². The van der Waals surface area contributed by atoms with Crippen molar-refractivity contribution in [2.75, 3.05) is 18.4 Å². The van der Waals surface area contributed by atoms with Gasteiger partial charge in [-0.25, -0.2) is 4.39 Å². The number of thiophene rings is 1. The molecule has 0 unspecified atom stereocenters. The lowest BCUT2D eigenvalue weighted by Gasteiger charge is -2.31. The number of nitrogens with one attached hydrogen (secondary N) is 1. The van der Waals surface area contributed by atoms with Crippen LogP contribution in [0.1, 0.15) is 29.4 Å². The molecule has 148 valence electrons. The van der Waals surface area contributed by atoms with E-state index in [1.54, 1.807) is 17.0 Å². The number of likely N-dealkylation sites (tertiary alicyclic amines) is 1. The summed E-state index contributed by atoms with van der Waals surface area (Å²) < 4.78 is 18.5. The Hall–Kier alpha value is -2.74. The summed E-state index contributed by atoms with van der Waals surface area (Å²) >= 11 is 1.39. The first-order valence-electron chi connectivity index (χ1n) is 9.03. The standard InChI is InChI=1S/C20H21FN2O4S/c1-13(18(24)22-16-5-2-4-15(21)12-16)27-20(26)14-7-9-23(10-8-14)19(25)17-6-3-11-28-17/h2-6,11-14H,7-10H2,1H3,(H,22,24)/t13-/m1/s1. The van der Waals surface area contributed by atoms with E-state index >= 15 is 0 Å². The second-order valence-corrected chi connectivity index (χ2v) is 7.57. The molecule has 0 radical (unpaired) electrons. The monoisotopic (exact) mass is 404 g/mol. The Morgan fingerprint density at radius 1 is 1.21 bits per heavy atom. The molecule has 0 aliphatic carbocycles. The largest absolute Gasteiger partial charge is 0.452 e. The maximum absolute atomic E-state index is 13.2. The normalized spacial score (nSPS) is 15.7. The van der Waals surface area contributed by atoms with Crippen LogP contribution in [0.25, 0.3) is 0 Å². The van der Waals surface area contributed by atoms with Gasteiger partial charge in [-0.3, -0.25) is 14.4 Å². The number of amides is 2. The zero-order valence-corrected chi connectivity index (χ0v) is 16.2. The molecule has 0 bridgehead atoms. The molecule has 1 atom stereocenters. The zero-order valence-electron chi connectivity index (χ0n) is 15.4. The van der Waals surface area contributed by atoms with E-state index in [2.05, 4.69) is 5.32 Å². The summed E-state index contributed by atoms with van der Waals surface area (Å²) in [4.78, 5) is 39.3. The first kappa shape index (κ1) is 20.0. The first-order chi connectivity index (χ1) is 13.4. The summed E-state index contributed by atoms with van der Waals surface area (Å²) in [6.07, 6.45) is -0.0101. The van der Waals surface area contributed by atoms with Crippen LogP contribution in [0, 0.1) is 11.7 Å². The highest BCUT2D eigenvalue weighted by Crippen LogP contribution is 2.22. The number of carbonyl (C=O) groups excluding carboxylic acids is 3. The number of piperidine rings is 1. The minimum atomic E-state index is -0.999. The van der Waals surface area contributed by atoms with E-state index in [0.717, 1.165) is 0 Å². The van der Waals surface area contributed by atoms with Gasteiger partial charge >= 0.3 is 5.97 Å². The van der Waals surface area contributed by atoms with Crippen molar-refractivity contribution in [1.29, 1.82) is 0 Å². The van der Waals surface area contributed by atoms with E-state index < -0.39 is 23.8 Å². The van der Waals surface area contributed by atoms with Crippen molar-refractivity contribution in [3.8, 4) is 0 Å². The summed E-state index contributed by atoms with van der Waals surface area (Å²) in [7, 11) is 0. The lowest BCUT2D eigenvalue weighted by atomic mass is 9.97. The fourth-order valence-electron chi connectivity index (χ4n) is 3.01. The molecule has 3 rings (SSSR count). The fourth-order valence-corrected chi connectivity index (χ4v) is 3.70. The van der Waals surface area contributed by atoms with E-state index in [9.17, 15) is 18.8 Å². The molecule has 2 heterocycles. The molecule has 2 aromatic rings. The van der Waals surface area contributed by atoms with Crippen molar-refractivity contribution in [3.05, 3.63) is 52.5 Å². The summed E-state index contributed by atoms with van der Waals surface area (Å²) in [5.41, 5.74) is 0.299. The number of nitrogens with zero attached hydrogens (tertiary/aromatic N) is 1. The van der Waals surface area contributed by atoms with Gasteiger partial charge in [0.2, 0.25) is 0 Å². The maximum Gasteiger partial charge on any atom is 0.309 e. The van der Waals surface area contributed by atoms with Crippen molar-refractivity contribution in [1.82, 2.24) is 4.90 Å². The Morgan fingerprint density at radius 2 is 1.96 bits per heavy atom. The lowest BCUT2D eigenvalue weighted by molar-refractivity contribution is -0.158. The molecule has 8 heteroatoms. The molecule has 0 saturated carbocycles. The SMILES string of the molecule is C[C@@H](OC(=O)C1CCN(C(=O)c2cccs2)CC1)C(=O)Nc1cccc(F)c1. The van der Waals surface area contributed by atoms with Gasteiger partial charge in [-0.2, -0.15) is 0 Å². The highest BCUT2D eigenvalue weighted by atomic mass is 32.1. The molecule has 1 aliphatic rings. The van der Waals surface area contributed by atoms with Crippen molar-refractivity contribution in [2.24, 2.45) is 5.92 Å². The predicted molar refractivity (Wildman–Crippen MR) is 104 cm³/mol. The predicted octanol–water partition coefficient (Wildman–Crippen LogP) is 3.31. The second kappa shape index (κ2) is 8.97. The van der Waals surface area contributed by atoms with Crippen molar-refractivity contribution < 1.29 is 23.5 Å². The van der Waals surface area contributed by atoms with Crippen LogP contribution in [0.3, 0.4) is 0 Å². The molecule has 1 aliphatic heterocycles.